The Kier molecular flexibility index (Phi) is 4.46. The summed E-state index contributed by atoms with van der Waals surface area (Å²) in [5, 5.41) is 9.02. The van der Waals surface area contributed by atoms with Gasteiger partial charge in [-0.1, -0.05) is 12.1 Å². The Bertz CT molecular complexity index is 729. The lowest BCUT2D eigenvalue weighted by Gasteiger charge is -2.57. The van der Waals surface area contributed by atoms with Crippen molar-refractivity contribution in [3.63, 3.8) is 0 Å². The number of carboxylic acids is 1. The molecule has 0 aromatic heterocycles. The number of rotatable bonds is 4. The molecule has 0 unspecified atom stereocenters. The minimum Gasteiger partial charge on any atom is -0.478 e. The summed E-state index contributed by atoms with van der Waals surface area (Å²) in [6.45, 7) is 4.28. The van der Waals surface area contributed by atoms with E-state index in [9.17, 15) is 9.59 Å². The van der Waals surface area contributed by atoms with Gasteiger partial charge in [-0.3, -0.25) is 9.69 Å². The van der Waals surface area contributed by atoms with Gasteiger partial charge in [0.25, 0.3) is 0 Å². The molecule has 5 aliphatic rings. The van der Waals surface area contributed by atoms with Gasteiger partial charge in [-0.2, -0.15) is 0 Å². The van der Waals surface area contributed by atoms with E-state index in [0.29, 0.717) is 11.5 Å². The van der Waals surface area contributed by atoms with E-state index in [2.05, 4.69) is 9.80 Å². The van der Waals surface area contributed by atoms with Crippen molar-refractivity contribution >= 4 is 11.9 Å². The molecule has 0 radical (unpaired) electrons. The van der Waals surface area contributed by atoms with Crippen molar-refractivity contribution in [2.75, 3.05) is 26.2 Å². The van der Waals surface area contributed by atoms with Crippen LogP contribution < -0.4 is 0 Å². The number of carbonyl (C=O) groups is 2. The number of aromatic carboxylic acids is 1. The normalized spacial score (nSPS) is 34.6. The first-order chi connectivity index (χ1) is 13.5. The van der Waals surface area contributed by atoms with Gasteiger partial charge in [0.2, 0.25) is 5.91 Å². The van der Waals surface area contributed by atoms with Crippen LogP contribution >= 0.6 is 0 Å². The molecule has 6 rings (SSSR count). The van der Waals surface area contributed by atoms with Crippen LogP contribution in [0.15, 0.2) is 24.3 Å². The molecule has 1 aromatic carbocycles. The second-order valence-corrected chi connectivity index (χ2v) is 9.77. The molecule has 28 heavy (non-hydrogen) atoms. The summed E-state index contributed by atoms with van der Waals surface area (Å²) in [6.07, 6.45) is 7.57. The number of hydrogen-bond donors (Lipinski definition) is 1. The maximum atomic E-state index is 13.5. The number of piperazine rings is 1. The molecule has 1 aliphatic heterocycles. The summed E-state index contributed by atoms with van der Waals surface area (Å²) < 4.78 is 0. The average Bonchev–Trinajstić information content (AvgIpc) is 2.67. The molecule has 5 nitrogen and oxygen atoms in total. The quantitative estimate of drug-likeness (QED) is 0.868. The van der Waals surface area contributed by atoms with Crippen LogP contribution in [0.25, 0.3) is 0 Å². The fourth-order valence-corrected chi connectivity index (χ4v) is 6.83. The summed E-state index contributed by atoms with van der Waals surface area (Å²) >= 11 is 0. The maximum Gasteiger partial charge on any atom is 0.335 e. The first-order valence-electron chi connectivity index (χ1n) is 10.8. The van der Waals surface area contributed by atoms with Crippen molar-refractivity contribution in [2.24, 2.45) is 23.2 Å². The largest absolute Gasteiger partial charge is 0.478 e. The summed E-state index contributed by atoms with van der Waals surface area (Å²) in [5.41, 5.74) is 1.43. The monoisotopic (exact) mass is 382 g/mol. The fraction of sp³-hybridized carbons (Fsp3) is 0.652. The zero-order valence-electron chi connectivity index (χ0n) is 16.5. The van der Waals surface area contributed by atoms with Gasteiger partial charge in [0.05, 0.1) is 11.0 Å². The third kappa shape index (κ3) is 3.24. The van der Waals surface area contributed by atoms with Crippen LogP contribution in [0.3, 0.4) is 0 Å². The maximum absolute atomic E-state index is 13.5. The van der Waals surface area contributed by atoms with E-state index in [4.69, 9.17) is 5.11 Å². The minimum atomic E-state index is -0.886. The van der Waals surface area contributed by atoms with Crippen molar-refractivity contribution in [2.45, 2.75) is 45.1 Å². The molecule has 4 saturated carbocycles. The molecule has 5 fully saturated rings. The first-order valence-corrected chi connectivity index (χ1v) is 10.8. The highest BCUT2D eigenvalue weighted by molar-refractivity contribution is 5.87. The van der Waals surface area contributed by atoms with Crippen LogP contribution in [-0.4, -0.2) is 53.0 Å². The first kappa shape index (κ1) is 18.2. The Morgan fingerprint density at radius 3 is 1.93 bits per heavy atom. The SMILES string of the molecule is O=C(O)c1ccc(CN2CCN(C(=O)C34CC5CC(CC(C5)C3)C4)CC2)cc1. The third-order valence-corrected chi connectivity index (χ3v) is 7.76. The van der Waals surface area contributed by atoms with Crippen LogP contribution in [-0.2, 0) is 11.3 Å². The van der Waals surface area contributed by atoms with E-state index < -0.39 is 5.97 Å². The zero-order chi connectivity index (χ0) is 19.3. The average molecular weight is 383 g/mol. The Labute approximate surface area is 166 Å². The third-order valence-electron chi connectivity index (χ3n) is 7.76. The molecule has 1 N–H and O–H groups in total. The van der Waals surface area contributed by atoms with Crippen LogP contribution in [0.1, 0.15) is 54.4 Å². The van der Waals surface area contributed by atoms with Gasteiger partial charge in [-0.05, 0) is 74.0 Å². The molecule has 1 heterocycles. The molecule has 1 aromatic rings. The second-order valence-electron chi connectivity index (χ2n) is 9.77. The van der Waals surface area contributed by atoms with Crippen molar-refractivity contribution in [3.8, 4) is 0 Å². The Morgan fingerprint density at radius 1 is 0.893 bits per heavy atom. The number of amides is 1. The van der Waals surface area contributed by atoms with Crippen molar-refractivity contribution in [3.05, 3.63) is 35.4 Å². The molecule has 1 amide bonds. The van der Waals surface area contributed by atoms with Crippen molar-refractivity contribution in [1.82, 2.24) is 9.80 Å². The van der Waals surface area contributed by atoms with Gasteiger partial charge < -0.3 is 10.0 Å². The van der Waals surface area contributed by atoms with E-state index in [1.807, 2.05) is 12.1 Å². The standard InChI is InChI=1S/C23H30N2O3/c26-21(27)20-3-1-16(2-4-20)15-24-5-7-25(8-6-24)22(28)23-12-17-9-18(13-23)11-19(10-17)14-23/h1-4,17-19H,5-15H2,(H,26,27). The molecule has 4 aliphatic carbocycles. The van der Waals surface area contributed by atoms with E-state index >= 15 is 0 Å². The molecule has 1 saturated heterocycles. The van der Waals surface area contributed by atoms with Gasteiger partial charge in [0, 0.05) is 32.7 Å². The van der Waals surface area contributed by atoms with E-state index in [0.717, 1.165) is 75.3 Å². The molecule has 0 spiro atoms. The Morgan fingerprint density at radius 2 is 1.43 bits per heavy atom. The van der Waals surface area contributed by atoms with Gasteiger partial charge in [0.1, 0.15) is 0 Å². The highest BCUT2D eigenvalue weighted by Crippen LogP contribution is 2.60. The lowest BCUT2D eigenvalue weighted by Crippen LogP contribution is -2.58. The summed E-state index contributed by atoms with van der Waals surface area (Å²) in [7, 11) is 0. The smallest absolute Gasteiger partial charge is 0.335 e. The van der Waals surface area contributed by atoms with Gasteiger partial charge in [0.15, 0.2) is 0 Å². The van der Waals surface area contributed by atoms with Crippen molar-refractivity contribution < 1.29 is 14.7 Å². The van der Waals surface area contributed by atoms with E-state index in [-0.39, 0.29) is 5.41 Å². The van der Waals surface area contributed by atoms with Gasteiger partial charge in [-0.25, -0.2) is 4.79 Å². The summed E-state index contributed by atoms with van der Waals surface area (Å²) in [4.78, 5) is 29.0. The lowest BCUT2D eigenvalue weighted by atomic mass is 9.49. The summed E-state index contributed by atoms with van der Waals surface area (Å²) in [5.74, 6) is 2.00. The van der Waals surface area contributed by atoms with Gasteiger partial charge >= 0.3 is 5.97 Å². The predicted molar refractivity (Wildman–Crippen MR) is 106 cm³/mol. The molecule has 0 atom stereocenters. The number of benzene rings is 1. The lowest BCUT2D eigenvalue weighted by molar-refractivity contribution is -0.159. The van der Waals surface area contributed by atoms with Crippen LogP contribution in [0.2, 0.25) is 0 Å². The predicted octanol–water partition coefficient (Wildman–Crippen LogP) is 3.25. The number of carbonyl (C=O) groups excluding carboxylic acids is 1. The molecular weight excluding hydrogens is 352 g/mol. The topological polar surface area (TPSA) is 60.9 Å². The van der Waals surface area contributed by atoms with Crippen molar-refractivity contribution in [1.29, 1.82) is 0 Å². The van der Waals surface area contributed by atoms with E-state index in [1.54, 1.807) is 12.1 Å². The van der Waals surface area contributed by atoms with Crippen LogP contribution in [0, 0.1) is 23.2 Å². The van der Waals surface area contributed by atoms with Crippen LogP contribution in [0.5, 0.6) is 0 Å². The number of nitrogens with zero attached hydrogens (tertiary/aromatic N) is 2. The highest BCUT2D eigenvalue weighted by Gasteiger charge is 2.55. The minimum absolute atomic E-state index is 0.0242. The number of hydrogen-bond acceptors (Lipinski definition) is 3. The van der Waals surface area contributed by atoms with Gasteiger partial charge in [-0.15, -0.1) is 0 Å². The second kappa shape index (κ2) is 6.87. The molecule has 150 valence electrons. The molecular formula is C23H30N2O3. The molecule has 4 bridgehead atoms. The highest BCUT2D eigenvalue weighted by atomic mass is 16.4. The van der Waals surface area contributed by atoms with Crippen LogP contribution in [0.4, 0.5) is 0 Å². The zero-order valence-corrected chi connectivity index (χ0v) is 16.5. The number of carboxylic acid groups (broad SMARTS) is 1. The Balaban J connectivity index is 1.18. The molecule has 5 heteroatoms. The fourth-order valence-electron chi connectivity index (χ4n) is 6.83. The summed E-state index contributed by atoms with van der Waals surface area (Å²) in [6, 6.07) is 7.14. The Hall–Kier alpha value is -1.88. The van der Waals surface area contributed by atoms with E-state index in [1.165, 1.54) is 19.3 Å².